The van der Waals surface area contributed by atoms with Crippen molar-refractivity contribution in [2.24, 2.45) is 0 Å². The minimum Gasteiger partial charge on any atom is -0.247 e. The highest BCUT2D eigenvalue weighted by molar-refractivity contribution is 6.08. The van der Waals surface area contributed by atoms with Crippen LogP contribution in [0.25, 0.3) is 102 Å². The van der Waals surface area contributed by atoms with Crippen molar-refractivity contribution in [2.45, 2.75) is 6.92 Å². The predicted octanol–water partition coefficient (Wildman–Crippen LogP) is 13.8. The zero-order chi connectivity index (χ0) is 38.6. The Bertz CT molecular complexity index is 2880. The molecule has 4 nitrogen and oxygen atoms in total. The number of rotatable bonds is 9. The molecule has 0 amide bonds. The lowest BCUT2D eigenvalue weighted by Crippen LogP contribution is -2.00. The maximum absolute atomic E-state index is 5.13. The maximum atomic E-state index is 5.13. The van der Waals surface area contributed by atoms with Crippen molar-refractivity contribution >= 4 is 22.9 Å². The Hall–Kier alpha value is -7.56. The fraction of sp³-hybridized carbons (Fsp3) is 0.0189. The van der Waals surface area contributed by atoms with E-state index in [0.29, 0.717) is 17.5 Å². The van der Waals surface area contributed by atoms with E-state index >= 15 is 0 Å². The number of fused-ring (bicyclic) bond motifs is 1. The van der Waals surface area contributed by atoms with Crippen LogP contribution in [0.15, 0.2) is 195 Å². The molecule has 0 unspecified atom stereocenters. The first-order valence-corrected chi connectivity index (χ1v) is 19.1. The molecule has 0 fully saturated rings. The van der Waals surface area contributed by atoms with E-state index in [2.05, 4.69) is 152 Å². The summed E-state index contributed by atoms with van der Waals surface area (Å²) in [6, 6.07) is 63.0. The zero-order valence-electron chi connectivity index (χ0n) is 31.5. The molecule has 0 saturated carbocycles. The zero-order valence-corrected chi connectivity index (χ0v) is 31.5. The van der Waals surface area contributed by atoms with Gasteiger partial charge in [-0.1, -0.05) is 195 Å². The first-order chi connectivity index (χ1) is 28.2. The van der Waals surface area contributed by atoms with Crippen molar-refractivity contribution in [1.82, 2.24) is 19.9 Å². The molecule has 0 bridgehead atoms. The largest absolute Gasteiger partial charge is 0.247 e. The van der Waals surface area contributed by atoms with E-state index in [1.807, 2.05) is 61.5 Å². The summed E-state index contributed by atoms with van der Waals surface area (Å²) >= 11 is 0. The molecule has 7 aromatic carbocycles. The van der Waals surface area contributed by atoms with Crippen LogP contribution in [0, 0.1) is 0 Å². The molecule has 2 heterocycles. The fourth-order valence-corrected chi connectivity index (χ4v) is 7.43. The summed E-state index contributed by atoms with van der Waals surface area (Å²) in [6.07, 6.45) is 6.03. The van der Waals surface area contributed by atoms with Gasteiger partial charge < -0.3 is 0 Å². The van der Waals surface area contributed by atoms with Gasteiger partial charge in [-0.3, -0.25) is 0 Å². The molecule has 0 atom stereocenters. The highest BCUT2D eigenvalue weighted by atomic mass is 15.0. The Balaban J connectivity index is 1.07. The number of aromatic nitrogens is 4. The second-order valence-electron chi connectivity index (χ2n) is 13.8. The van der Waals surface area contributed by atoms with E-state index in [-0.39, 0.29) is 0 Å². The lowest BCUT2D eigenvalue weighted by atomic mass is 9.90. The summed E-state index contributed by atoms with van der Waals surface area (Å²) in [6.45, 7) is 6.23. The lowest BCUT2D eigenvalue weighted by Gasteiger charge is -2.16. The summed E-state index contributed by atoms with van der Waals surface area (Å²) in [4.78, 5) is 20.1. The monoisotopic (exact) mass is 730 g/mol. The molecule has 0 aliphatic heterocycles. The Morgan fingerprint density at radius 2 is 0.860 bits per heavy atom. The van der Waals surface area contributed by atoms with Gasteiger partial charge in [0.1, 0.15) is 0 Å². The molecule has 4 heteroatoms. The summed E-state index contributed by atoms with van der Waals surface area (Å²) in [5.41, 5.74) is 13.5. The van der Waals surface area contributed by atoms with Crippen molar-refractivity contribution in [3.8, 4) is 78.8 Å². The van der Waals surface area contributed by atoms with Gasteiger partial charge in [0.2, 0.25) is 0 Å². The van der Waals surface area contributed by atoms with Crippen LogP contribution >= 0.6 is 0 Å². The quantitative estimate of drug-likeness (QED) is 0.148. The van der Waals surface area contributed by atoms with E-state index in [4.69, 9.17) is 19.9 Å². The van der Waals surface area contributed by atoms with E-state index in [0.717, 1.165) is 83.4 Å². The third-order valence-corrected chi connectivity index (χ3v) is 10.2. The average Bonchev–Trinajstić information content (AvgIpc) is 3.29. The molecule has 57 heavy (non-hydrogen) atoms. The van der Waals surface area contributed by atoms with Gasteiger partial charge in [-0.05, 0) is 52.4 Å². The van der Waals surface area contributed by atoms with Gasteiger partial charge in [0.05, 0.1) is 11.4 Å². The van der Waals surface area contributed by atoms with E-state index in [1.54, 1.807) is 0 Å². The van der Waals surface area contributed by atoms with Gasteiger partial charge in [0, 0.05) is 38.6 Å². The van der Waals surface area contributed by atoms with Crippen LogP contribution in [0.3, 0.4) is 0 Å². The maximum Gasteiger partial charge on any atom is 0.164 e. The molecule has 0 radical (unpaired) electrons. The van der Waals surface area contributed by atoms with Crippen LogP contribution in [0.1, 0.15) is 18.2 Å². The Morgan fingerprint density at radius 1 is 0.404 bits per heavy atom. The van der Waals surface area contributed by atoms with E-state index < -0.39 is 0 Å². The Kier molecular flexibility index (Phi) is 9.66. The first-order valence-electron chi connectivity index (χ1n) is 19.1. The third kappa shape index (κ3) is 7.08. The number of hydrogen-bond acceptors (Lipinski definition) is 4. The van der Waals surface area contributed by atoms with Crippen LogP contribution in [0.5, 0.6) is 0 Å². The van der Waals surface area contributed by atoms with Gasteiger partial charge in [-0.15, -0.1) is 0 Å². The molecule has 0 saturated heterocycles. The minimum atomic E-state index is 0.626. The molecule has 0 aliphatic rings. The topological polar surface area (TPSA) is 51.6 Å². The molecule has 0 aliphatic carbocycles. The van der Waals surface area contributed by atoms with Crippen molar-refractivity contribution in [3.05, 3.63) is 206 Å². The summed E-state index contributed by atoms with van der Waals surface area (Å²) < 4.78 is 0. The lowest BCUT2D eigenvalue weighted by molar-refractivity contribution is 1.07. The molecular weight excluding hydrogens is 693 g/mol. The van der Waals surface area contributed by atoms with Crippen molar-refractivity contribution in [3.63, 3.8) is 0 Å². The number of hydrogen-bond donors (Lipinski definition) is 0. The molecule has 0 spiro atoms. The van der Waals surface area contributed by atoms with E-state index in [9.17, 15) is 0 Å². The standard InChI is InChI=1S/C53H38N4/c1-3-16-48-45(4-2)49-46(25-15-26-47(49)50(54-48)40-19-10-6-11-20-40)39-31-27-37(28-32-39)38-29-33-42(34-30-38)52-55-51(41-21-12-7-13-22-41)56-53(57-52)44-24-14-23-43(35-44)36-17-8-5-9-18-36/h3-35H,2H2,1H3/b16-3-. The Morgan fingerprint density at radius 3 is 1.46 bits per heavy atom. The van der Waals surface area contributed by atoms with Gasteiger partial charge in [-0.25, -0.2) is 19.9 Å². The summed E-state index contributed by atoms with van der Waals surface area (Å²) in [5, 5.41) is 2.24. The van der Waals surface area contributed by atoms with Crippen molar-refractivity contribution in [1.29, 1.82) is 0 Å². The van der Waals surface area contributed by atoms with Crippen molar-refractivity contribution in [2.75, 3.05) is 0 Å². The molecule has 270 valence electrons. The molecule has 9 rings (SSSR count). The van der Waals surface area contributed by atoms with Crippen LogP contribution in [0.4, 0.5) is 0 Å². The summed E-state index contributed by atoms with van der Waals surface area (Å²) in [7, 11) is 0. The van der Waals surface area contributed by atoms with Gasteiger partial charge in [-0.2, -0.15) is 0 Å². The van der Waals surface area contributed by atoms with Crippen LogP contribution in [-0.2, 0) is 0 Å². The van der Waals surface area contributed by atoms with Crippen LogP contribution < -0.4 is 0 Å². The second kappa shape index (κ2) is 15.7. The molecule has 2 aromatic heterocycles. The smallest absolute Gasteiger partial charge is 0.164 e. The molecule has 0 N–H and O–H groups in total. The third-order valence-electron chi connectivity index (χ3n) is 10.2. The Labute approximate surface area is 333 Å². The fourth-order valence-electron chi connectivity index (χ4n) is 7.43. The molecular formula is C53H38N4. The minimum absolute atomic E-state index is 0.626. The number of nitrogens with zero attached hydrogens (tertiary/aromatic N) is 4. The van der Waals surface area contributed by atoms with Crippen molar-refractivity contribution < 1.29 is 0 Å². The normalized spacial score (nSPS) is 11.2. The second-order valence-corrected chi connectivity index (χ2v) is 13.8. The SMILES string of the molecule is C=Cc1c(/C=C\C)nc(-c2ccccc2)c2cccc(-c3ccc(-c4ccc(-c5nc(-c6ccccc6)nc(-c6cccc(-c7ccccc7)c6)n5)cc4)cc3)c12. The van der Waals surface area contributed by atoms with E-state index in [1.165, 1.54) is 0 Å². The average molecular weight is 731 g/mol. The summed E-state index contributed by atoms with van der Waals surface area (Å²) in [5.74, 6) is 1.90. The number of pyridine rings is 1. The number of allylic oxidation sites excluding steroid dienone is 1. The van der Waals surface area contributed by atoms with Crippen LogP contribution in [-0.4, -0.2) is 19.9 Å². The van der Waals surface area contributed by atoms with Gasteiger partial charge in [0.15, 0.2) is 17.5 Å². The van der Waals surface area contributed by atoms with Crippen LogP contribution in [0.2, 0.25) is 0 Å². The number of benzene rings is 7. The molecule has 9 aromatic rings. The first kappa shape index (κ1) is 35.2. The highest BCUT2D eigenvalue weighted by Crippen LogP contribution is 2.39. The van der Waals surface area contributed by atoms with Gasteiger partial charge in [0.25, 0.3) is 0 Å². The highest BCUT2D eigenvalue weighted by Gasteiger charge is 2.17. The van der Waals surface area contributed by atoms with Gasteiger partial charge >= 0.3 is 0 Å². The predicted molar refractivity (Wildman–Crippen MR) is 238 cm³/mol.